The highest BCUT2D eigenvalue weighted by atomic mass is 16.6. The molecule has 3 aromatic heterocycles. The Balaban J connectivity index is 0.000000139. The number of anilines is 3. The fraction of sp³-hybridized carbons (Fsp3) is 0.381. The van der Waals surface area contributed by atoms with Crippen molar-refractivity contribution >= 4 is 67.4 Å². The lowest BCUT2D eigenvalue weighted by Crippen LogP contribution is -2.36. The number of hydrogen-bond donors (Lipinski definition) is 7. The third-order valence-corrected chi connectivity index (χ3v) is 11.0. The predicted molar refractivity (Wildman–Crippen MR) is 229 cm³/mol. The standard InChI is InChI=1S/C15H18N4O5.C15H19N3O3.C12H14N2O/c16-10(15(20)21)7-9-8-17-14-12(18-3-5-24-6-4-18)2-1-11(13(9)14)19(22)23;16-12(15(19)20)8-10-9-17-14-11(10)2-1-3-13(14)18-4-6-21-7-5-18;1-2-10-4-5-13-12(10)11(3-1)14-6-8-15-9-7-14/h1-2,8,10,17H,3-7,16H2,(H,20,21);1-3,9,12,17H,4-8,16H2,(H,19,20);1-5,13H,6-9H2. The molecule has 60 heavy (non-hydrogen) atoms. The first-order valence-corrected chi connectivity index (χ1v) is 20.0. The van der Waals surface area contributed by atoms with Crippen LogP contribution < -0.4 is 26.2 Å². The number of fused-ring (bicyclic) bond motifs is 3. The average molecular weight is 826 g/mol. The van der Waals surface area contributed by atoms with Crippen molar-refractivity contribution in [2.24, 2.45) is 11.5 Å². The van der Waals surface area contributed by atoms with Crippen molar-refractivity contribution in [2.45, 2.75) is 24.9 Å². The fourth-order valence-corrected chi connectivity index (χ4v) is 7.88. The Morgan fingerprint density at radius 2 is 1.13 bits per heavy atom. The molecule has 18 heteroatoms. The van der Waals surface area contributed by atoms with Crippen molar-refractivity contribution in [3.63, 3.8) is 0 Å². The van der Waals surface area contributed by atoms with Crippen LogP contribution in [0.25, 0.3) is 32.7 Å². The lowest BCUT2D eigenvalue weighted by Gasteiger charge is -2.29. The maximum Gasteiger partial charge on any atom is 0.320 e. The normalized spacial score (nSPS) is 16.8. The van der Waals surface area contributed by atoms with E-state index in [4.69, 9.17) is 35.9 Å². The average Bonchev–Trinajstić information content (AvgIpc) is 4.04. The van der Waals surface area contributed by atoms with Crippen LogP contribution in [0.15, 0.2) is 73.2 Å². The first-order chi connectivity index (χ1) is 29.1. The number of aliphatic carboxylic acids is 2. The van der Waals surface area contributed by atoms with Crippen molar-refractivity contribution in [3.8, 4) is 0 Å². The Bertz CT molecular complexity index is 2410. The highest BCUT2D eigenvalue weighted by molar-refractivity contribution is 6.00. The van der Waals surface area contributed by atoms with Gasteiger partial charge in [-0.3, -0.25) is 19.7 Å². The van der Waals surface area contributed by atoms with Crippen LogP contribution in [0.3, 0.4) is 0 Å². The van der Waals surface area contributed by atoms with Gasteiger partial charge in [-0.1, -0.05) is 24.3 Å². The molecule has 2 unspecified atom stereocenters. The molecule has 2 atom stereocenters. The summed E-state index contributed by atoms with van der Waals surface area (Å²) in [6, 6.07) is 15.8. The lowest BCUT2D eigenvalue weighted by atomic mass is 10.0. The van der Waals surface area contributed by atoms with Gasteiger partial charge in [0.1, 0.15) is 12.1 Å². The zero-order chi connectivity index (χ0) is 42.2. The van der Waals surface area contributed by atoms with Crippen LogP contribution in [0.5, 0.6) is 0 Å². The molecule has 3 aliphatic heterocycles. The molecule has 3 saturated heterocycles. The molecule has 318 valence electrons. The van der Waals surface area contributed by atoms with Crippen LogP contribution >= 0.6 is 0 Å². The topological polar surface area (TPSA) is 255 Å². The third kappa shape index (κ3) is 9.48. The van der Waals surface area contributed by atoms with Crippen LogP contribution in [0, 0.1) is 10.1 Å². The molecule has 0 saturated carbocycles. The zero-order valence-corrected chi connectivity index (χ0v) is 33.2. The van der Waals surface area contributed by atoms with Gasteiger partial charge in [0.25, 0.3) is 5.69 Å². The molecule has 6 aromatic rings. The van der Waals surface area contributed by atoms with Gasteiger partial charge in [-0.15, -0.1) is 0 Å². The number of non-ortho nitro benzene ring substituents is 1. The van der Waals surface area contributed by atoms with Crippen LogP contribution in [0.1, 0.15) is 11.1 Å². The molecule has 6 heterocycles. The molecule has 0 aliphatic carbocycles. The van der Waals surface area contributed by atoms with E-state index in [1.54, 1.807) is 12.3 Å². The van der Waals surface area contributed by atoms with Gasteiger partial charge >= 0.3 is 11.9 Å². The summed E-state index contributed by atoms with van der Waals surface area (Å²) in [6.45, 7) is 9.38. The summed E-state index contributed by atoms with van der Waals surface area (Å²) in [5.74, 6) is -2.12. The van der Waals surface area contributed by atoms with E-state index in [9.17, 15) is 19.7 Å². The summed E-state index contributed by atoms with van der Waals surface area (Å²) in [5.41, 5.74) is 18.8. The van der Waals surface area contributed by atoms with Crippen molar-refractivity contribution < 1.29 is 38.9 Å². The van der Waals surface area contributed by atoms with Crippen LogP contribution in [-0.4, -0.2) is 133 Å². The minimum Gasteiger partial charge on any atom is -0.480 e. The quantitative estimate of drug-likeness (QED) is 0.0766. The van der Waals surface area contributed by atoms with Crippen molar-refractivity contribution in [3.05, 3.63) is 94.4 Å². The van der Waals surface area contributed by atoms with Crippen molar-refractivity contribution in [1.29, 1.82) is 0 Å². The van der Waals surface area contributed by atoms with Gasteiger partial charge in [0.15, 0.2) is 0 Å². The molecule has 0 radical (unpaired) electrons. The number of hydrogen-bond acceptors (Lipinski definition) is 12. The van der Waals surface area contributed by atoms with Gasteiger partial charge in [-0.05, 0) is 35.4 Å². The van der Waals surface area contributed by atoms with Crippen molar-refractivity contribution in [1.82, 2.24) is 15.0 Å². The summed E-state index contributed by atoms with van der Waals surface area (Å²) < 4.78 is 16.1. The molecular formula is C42H51N9O9. The van der Waals surface area contributed by atoms with Gasteiger partial charge in [0.05, 0.1) is 83.6 Å². The predicted octanol–water partition coefficient (Wildman–Crippen LogP) is 3.83. The van der Waals surface area contributed by atoms with Gasteiger partial charge in [0.2, 0.25) is 0 Å². The Hall–Kier alpha value is -6.18. The van der Waals surface area contributed by atoms with Crippen LogP contribution in [0.2, 0.25) is 0 Å². The number of benzene rings is 3. The second-order valence-electron chi connectivity index (χ2n) is 14.8. The molecule has 3 aliphatic rings. The SMILES string of the molecule is NC(Cc1c[nH]c2c(N3CCOCC3)ccc([N+](=O)[O-])c12)C(=O)O.NC(Cc1c[nH]c2c(N3CCOCC3)cccc12)C(=O)O.c1cc(N2CCOCC2)c2[nH]ccc2c1. The van der Waals surface area contributed by atoms with Crippen molar-refractivity contribution in [2.75, 3.05) is 93.6 Å². The largest absolute Gasteiger partial charge is 0.480 e. The van der Waals surface area contributed by atoms with E-state index in [-0.39, 0.29) is 12.1 Å². The van der Waals surface area contributed by atoms with E-state index in [0.29, 0.717) is 49.2 Å². The fourth-order valence-electron chi connectivity index (χ4n) is 7.88. The number of nitrogens with one attached hydrogen (secondary N) is 3. The molecular weight excluding hydrogens is 775 g/mol. The van der Waals surface area contributed by atoms with Gasteiger partial charge in [0, 0.05) is 87.5 Å². The van der Waals surface area contributed by atoms with E-state index in [1.165, 1.54) is 22.7 Å². The first-order valence-electron chi connectivity index (χ1n) is 20.0. The zero-order valence-electron chi connectivity index (χ0n) is 33.2. The summed E-state index contributed by atoms with van der Waals surface area (Å²) in [6.07, 6.45) is 5.79. The van der Waals surface area contributed by atoms with E-state index < -0.39 is 28.9 Å². The van der Waals surface area contributed by atoms with Gasteiger partial charge in [-0.25, -0.2) is 0 Å². The number of aromatic amines is 3. The number of aromatic nitrogens is 3. The number of carboxylic acids is 2. The minimum absolute atomic E-state index is 0.0166. The summed E-state index contributed by atoms with van der Waals surface area (Å²) in [4.78, 5) is 49.2. The second kappa shape index (κ2) is 19.3. The molecule has 0 bridgehead atoms. The third-order valence-electron chi connectivity index (χ3n) is 11.0. The summed E-state index contributed by atoms with van der Waals surface area (Å²) in [7, 11) is 0. The summed E-state index contributed by atoms with van der Waals surface area (Å²) >= 11 is 0. The highest BCUT2D eigenvalue weighted by Crippen LogP contribution is 2.36. The monoisotopic (exact) mass is 825 g/mol. The Morgan fingerprint density at radius 3 is 1.68 bits per heavy atom. The maximum absolute atomic E-state index is 11.4. The van der Waals surface area contributed by atoms with Gasteiger partial charge in [-0.2, -0.15) is 0 Å². The van der Waals surface area contributed by atoms with E-state index >= 15 is 0 Å². The molecule has 3 aromatic carbocycles. The van der Waals surface area contributed by atoms with E-state index in [1.807, 2.05) is 24.5 Å². The lowest BCUT2D eigenvalue weighted by molar-refractivity contribution is -0.383. The number of nitro benzene ring substituents is 1. The number of rotatable bonds is 10. The van der Waals surface area contributed by atoms with E-state index in [2.05, 4.69) is 60.0 Å². The number of morpholine rings is 3. The molecule has 9 N–H and O–H groups in total. The number of nitro groups is 1. The number of H-pyrrole nitrogens is 3. The first kappa shape index (κ1) is 42.0. The maximum atomic E-state index is 11.4. The highest BCUT2D eigenvalue weighted by Gasteiger charge is 2.25. The minimum atomic E-state index is -1.14. The number of para-hydroxylation sites is 2. The Kier molecular flexibility index (Phi) is 13.5. The number of carboxylic acid groups (broad SMARTS) is 2. The second-order valence-corrected chi connectivity index (χ2v) is 14.8. The molecule has 18 nitrogen and oxygen atoms in total. The molecule has 9 rings (SSSR count). The number of nitrogens with zero attached hydrogens (tertiary/aromatic N) is 4. The molecule has 0 spiro atoms. The number of nitrogens with two attached hydrogens (primary N) is 2. The summed E-state index contributed by atoms with van der Waals surface area (Å²) in [5, 5.41) is 32.1. The number of carbonyl (C=O) groups is 2. The van der Waals surface area contributed by atoms with Gasteiger partial charge < -0.3 is 65.5 Å². The molecule has 0 amide bonds. The molecule has 3 fully saturated rings. The smallest absolute Gasteiger partial charge is 0.320 e. The Morgan fingerprint density at radius 1 is 0.650 bits per heavy atom. The van der Waals surface area contributed by atoms with Crippen LogP contribution in [0.4, 0.5) is 22.7 Å². The van der Waals surface area contributed by atoms with E-state index in [0.717, 1.165) is 80.4 Å². The Labute approximate surface area is 345 Å². The number of ether oxygens (including phenoxy) is 3. The van der Waals surface area contributed by atoms with Crippen LogP contribution in [-0.2, 0) is 36.6 Å².